The predicted octanol–water partition coefficient (Wildman–Crippen LogP) is 32.7. The number of ether oxygens (including phenoxy) is 12. The quantitative estimate of drug-likeness (QED) is 0.0191. The Morgan fingerprint density at radius 3 is 0.840 bits per heavy atom. The van der Waals surface area contributed by atoms with E-state index in [9.17, 15) is 83.4 Å². The van der Waals surface area contributed by atoms with Crippen LogP contribution in [0, 0.1) is 57.9 Å². The molecule has 0 saturated carbocycles. The normalized spacial score (nSPS) is 11.0. The summed E-state index contributed by atoms with van der Waals surface area (Å²) in [4.78, 5) is 0. The van der Waals surface area contributed by atoms with Crippen molar-refractivity contribution in [3.05, 3.63) is 349 Å². The molecule has 0 bridgehead atoms. The van der Waals surface area contributed by atoms with Crippen molar-refractivity contribution >= 4 is 189 Å². The zero-order chi connectivity index (χ0) is 111. The lowest BCUT2D eigenvalue weighted by atomic mass is 10.1. The third kappa shape index (κ3) is 39.8. The van der Waals surface area contributed by atoms with Crippen LogP contribution in [0.3, 0.4) is 0 Å². The zero-order valence-electron chi connectivity index (χ0n) is 80.8. The summed E-state index contributed by atoms with van der Waals surface area (Å²) in [6, 6.07) is 55.7. The van der Waals surface area contributed by atoms with Crippen molar-refractivity contribution in [1.82, 2.24) is 0 Å². The number of halogens is 22. The molecule has 0 aliphatic carbocycles. The van der Waals surface area contributed by atoms with Crippen molar-refractivity contribution in [3.8, 4) is 34.5 Å². The molecular weight excluding hydrogens is 2320 g/mol. The van der Waals surface area contributed by atoms with Crippen LogP contribution in [0.25, 0.3) is 0 Å². The van der Waals surface area contributed by atoms with Gasteiger partial charge in [0.15, 0.2) is 0 Å². The molecule has 46 heteroatoms. The zero-order valence-corrected chi connectivity index (χ0v) is 90.2. The van der Waals surface area contributed by atoms with Gasteiger partial charge in [-0.1, -0.05) is 159 Å². The molecule has 0 saturated heterocycles. The second-order valence-corrected chi connectivity index (χ2v) is 35.9. The molecule has 0 spiro atoms. The molecule has 6 N–H and O–H groups in total. The van der Waals surface area contributed by atoms with Crippen molar-refractivity contribution in [1.29, 1.82) is 0 Å². The average molecular weight is 2420 g/mol. The molecule has 0 aliphatic rings. The first-order valence-corrected chi connectivity index (χ1v) is 47.8. The molecule has 0 aromatic heterocycles. The summed E-state index contributed by atoms with van der Waals surface area (Å²) in [5.41, 5.74) is 5.33. The van der Waals surface area contributed by atoms with Gasteiger partial charge in [-0.05, 0) is 283 Å². The first-order chi connectivity index (χ1) is 69.9. The average Bonchev–Trinajstić information content (AvgIpc) is 0.827. The summed E-state index contributed by atoms with van der Waals surface area (Å²) in [6.45, 7) is 10.6. The maximum absolute atomic E-state index is 14.1. The summed E-state index contributed by atoms with van der Waals surface area (Å²) in [5, 5.41) is 18.1. The number of aryl methyl sites for hydroxylation is 7. The van der Waals surface area contributed by atoms with Crippen molar-refractivity contribution < 1.29 is 140 Å². The van der Waals surface area contributed by atoms with Gasteiger partial charge in [-0.2, -0.15) is 79.0 Å². The molecule has 150 heavy (non-hydrogen) atoms. The van der Waals surface area contributed by atoms with Crippen molar-refractivity contribution in [3.63, 3.8) is 0 Å². The van der Waals surface area contributed by atoms with Gasteiger partial charge in [-0.25, -0.2) is 4.39 Å². The third-order valence-electron chi connectivity index (χ3n) is 20.3. The van der Waals surface area contributed by atoms with Crippen LogP contribution in [0.5, 0.6) is 34.5 Å². The highest BCUT2D eigenvalue weighted by Crippen LogP contribution is 2.45. The Hall–Kier alpha value is -12.3. The minimum absolute atomic E-state index is 0. The van der Waals surface area contributed by atoms with Gasteiger partial charge in [-0.3, -0.25) is 0 Å². The number of methoxy groups -OCH3 is 6. The highest BCUT2D eigenvalue weighted by atomic mass is 127. The van der Waals surface area contributed by atoms with E-state index in [4.69, 9.17) is 142 Å². The van der Waals surface area contributed by atoms with E-state index in [-0.39, 0.29) is 117 Å². The number of rotatable bonds is 24. The van der Waals surface area contributed by atoms with E-state index in [1.807, 2.05) is 25.1 Å². The highest BCUT2D eigenvalue weighted by molar-refractivity contribution is 14.1. The van der Waals surface area contributed by atoms with Crippen LogP contribution in [0.2, 0.25) is 5.02 Å². The van der Waals surface area contributed by atoms with E-state index >= 15 is 0 Å². The van der Waals surface area contributed by atoms with Crippen LogP contribution in [-0.2, 0) is 105 Å². The molecular formula is C104H98BrClF19IN6O12S6. The molecule has 12 aromatic rings. The molecule has 0 aliphatic heterocycles. The first kappa shape index (κ1) is 126. The summed E-state index contributed by atoms with van der Waals surface area (Å²) < 4.78 is 315. The fourth-order valence-corrected chi connectivity index (χ4v) is 14.9. The van der Waals surface area contributed by atoms with Crippen molar-refractivity contribution in [2.75, 3.05) is 74.6 Å². The van der Waals surface area contributed by atoms with E-state index in [0.717, 1.165) is 45.5 Å². The van der Waals surface area contributed by atoms with E-state index in [1.165, 1.54) is 103 Å². The maximum Gasteiger partial charge on any atom is 0.419 e. The first-order valence-electron chi connectivity index (χ1n) is 43.1. The van der Waals surface area contributed by atoms with E-state index in [0.29, 0.717) is 99.1 Å². The maximum atomic E-state index is 14.1. The molecule has 0 atom stereocenters. The Bertz CT molecular complexity index is 5890. The predicted molar refractivity (Wildman–Crippen MR) is 578 cm³/mol. The molecule has 0 fully saturated rings. The number of thiocarbonyl (C=S) groups is 6. The fourth-order valence-electron chi connectivity index (χ4n) is 12.9. The summed E-state index contributed by atoms with van der Waals surface area (Å²) in [5.74, 6) is -2.13. The number of hydrogen-bond acceptors (Lipinski definition) is 18. The smallest absolute Gasteiger partial charge is 0.419 e. The topological polar surface area (TPSA) is 183 Å². The second-order valence-electron chi connectivity index (χ2n) is 31.2. The number of alkyl halides is 18. The van der Waals surface area contributed by atoms with Crippen LogP contribution in [0.4, 0.5) is 118 Å². The van der Waals surface area contributed by atoms with Gasteiger partial charge in [0.1, 0.15) is 80.0 Å². The second kappa shape index (κ2) is 58.4. The van der Waals surface area contributed by atoms with Crippen LogP contribution in [0.1, 0.15) is 113 Å². The van der Waals surface area contributed by atoms with E-state index in [1.54, 1.807) is 151 Å². The lowest BCUT2D eigenvalue weighted by Crippen LogP contribution is -2.14. The van der Waals surface area contributed by atoms with Gasteiger partial charge >= 0.3 is 37.1 Å². The van der Waals surface area contributed by atoms with Gasteiger partial charge in [-0.15, -0.1) is 0 Å². The number of nitrogens with one attached hydrogen (secondary N) is 6. The van der Waals surface area contributed by atoms with Crippen LogP contribution < -0.4 is 60.3 Å². The summed E-state index contributed by atoms with van der Waals surface area (Å²) >= 11 is 41.3. The van der Waals surface area contributed by atoms with Gasteiger partial charge in [0.05, 0.1) is 81.7 Å². The van der Waals surface area contributed by atoms with Crippen LogP contribution in [0.15, 0.2) is 229 Å². The van der Waals surface area contributed by atoms with Gasteiger partial charge in [0.2, 0.25) is 0 Å². The number of benzene rings is 12. The molecule has 0 heterocycles. The minimum Gasteiger partial charge on any atom is -0.488 e. The number of anilines is 6. The van der Waals surface area contributed by atoms with Gasteiger partial charge < -0.3 is 88.7 Å². The van der Waals surface area contributed by atoms with Crippen molar-refractivity contribution in [2.45, 2.75) is 133 Å². The fraction of sp³-hybridized carbons (Fsp3) is 0.250. The van der Waals surface area contributed by atoms with Gasteiger partial charge in [0.25, 0.3) is 31.0 Å². The van der Waals surface area contributed by atoms with Crippen LogP contribution in [-0.4, -0.2) is 73.7 Å². The monoisotopic (exact) mass is 2420 g/mol. The molecule has 12 aromatic carbocycles. The Kier molecular flexibility index (Phi) is 49.2. The van der Waals surface area contributed by atoms with Gasteiger partial charge in [0, 0.05) is 74.9 Å². The Morgan fingerprint density at radius 2 is 0.513 bits per heavy atom. The van der Waals surface area contributed by atoms with E-state index in [2.05, 4.69) is 70.4 Å². The summed E-state index contributed by atoms with van der Waals surface area (Å²) in [7, 11) is 8.46. The molecule has 12 rings (SSSR count). The van der Waals surface area contributed by atoms with Crippen molar-refractivity contribution in [2.24, 2.45) is 0 Å². The molecule has 0 radical (unpaired) electrons. The standard InChI is InChI=1S/C18H18F3NO2S.C17H15BrF3NO2S.C17H15ClF3NO2S.C17H15F4NO2S.C17H15F3INO2S.C17H16F3NO2S.CH4/c1-11-7-8-16(14(9-11)18(19,20)21)24-10-13-12(2)5-4-6-15(13)22-17(25)23-3;3*1-10-6-7-15(12(8-10)17(19,20)21)24-9-11-13(18)4-3-5-14(11)22-16(25)23-2;1-10-6-7-15(12(8-10)17(18,19)20)24-9-11-13(21)4-3-5-14(11)22-16(25)23-2;1-11-7-8-15(13(9-11)17(18,19)20)23-10-12-5-3-4-6-14(12)21-16(24)22-2;/h4-9H,10H2,1-3H3,(H,22,25);4*3-8H,9H2,1-2H3,(H,22,25);3-9H,10H2,1-2H3,(H,21,24);1H4. The summed E-state index contributed by atoms with van der Waals surface area (Å²) in [6.07, 6.45) is -27.0. The van der Waals surface area contributed by atoms with Crippen LogP contribution >= 0.6 is 123 Å². The highest BCUT2D eigenvalue weighted by Gasteiger charge is 2.40. The van der Waals surface area contributed by atoms with E-state index < -0.39 is 82.9 Å². The largest absolute Gasteiger partial charge is 0.488 e. The Morgan fingerprint density at radius 1 is 0.280 bits per heavy atom. The Labute approximate surface area is 912 Å². The lowest BCUT2D eigenvalue weighted by molar-refractivity contribution is -0.139. The molecule has 18 nitrogen and oxygen atoms in total. The minimum atomic E-state index is -4.57. The third-order valence-corrected chi connectivity index (χ3v) is 24.0. The molecule has 0 unspecified atom stereocenters. The molecule has 806 valence electrons. The number of para-hydroxylation sites is 1. The number of hydrogen-bond donors (Lipinski definition) is 6. The lowest BCUT2D eigenvalue weighted by Gasteiger charge is -2.18. The SMILES string of the molecule is C.COC(=S)Nc1cccc(Br)c1COc1ccc(C)cc1C(F)(F)F.COC(=S)Nc1cccc(C)c1COc1ccc(C)cc1C(F)(F)F.COC(=S)Nc1cccc(Cl)c1COc1ccc(C)cc1C(F)(F)F.COC(=S)Nc1cccc(F)c1COc1ccc(C)cc1C(F)(F)F.COC(=S)Nc1cccc(I)c1COc1ccc(C)cc1C(F)(F)F.COC(=S)Nc1ccccc1COc1ccc(C)cc1C(F)(F)F. The molecule has 0 amide bonds. The Balaban J connectivity index is 0.000000274.